The van der Waals surface area contributed by atoms with E-state index in [0.29, 0.717) is 32.0 Å². The standard InChI is InChI=1S/C12H15FN4O2/c13-10-2-1-8(7-9(10)11(14)15)16-12(18)17-3-5-19-6-4-17/h1-2,7H,3-6H2,(H3,14,15)(H,16,18). The van der Waals surface area contributed by atoms with Gasteiger partial charge in [-0.3, -0.25) is 5.41 Å². The Morgan fingerprint density at radius 3 is 2.74 bits per heavy atom. The molecule has 7 heteroatoms. The number of hydrogen-bond donors (Lipinski definition) is 3. The number of carbonyl (C=O) groups is 1. The summed E-state index contributed by atoms with van der Waals surface area (Å²) < 4.78 is 18.5. The number of urea groups is 1. The van der Waals surface area contributed by atoms with Crippen molar-refractivity contribution in [1.82, 2.24) is 4.90 Å². The van der Waals surface area contributed by atoms with Gasteiger partial charge in [-0.05, 0) is 18.2 Å². The molecule has 0 radical (unpaired) electrons. The SMILES string of the molecule is N=C(N)c1cc(NC(=O)N2CCOCC2)ccc1F. The van der Waals surface area contributed by atoms with E-state index in [1.54, 1.807) is 4.90 Å². The number of halogens is 1. The number of ether oxygens (including phenoxy) is 1. The van der Waals surface area contributed by atoms with E-state index in [0.717, 1.165) is 0 Å². The van der Waals surface area contributed by atoms with Gasteiger partial charge in [0, 0.05) is 18.8 Å². The van der Waals surface area contributed by atoms with Gasteiger partial charge in [-0.25, -0.2) is 9.18 Å². The van der Waals surface area contributed by atoms with Gasteiger partial charge in [-0.15, -0.1) is 0 Å². The number of rotatable bonds is 2. The number of benzene rings is 1. The molecule has 1 aromatic carbocycles. The topological polar surface area (TPSA) is 91.4 Å². The highest BCUT2D eigenvalue weighted by atomic mass is 19.1. The van der Waals surface area contributed by atoms with E-state index in [-0.39, 0.29) is 17.4 Å². The summed E-state index contributed by atoms with van der Waals surface area (Å²) >= 11 is 0. The number of amides is 2. The van der Waals surface area contributed by atoms with Crippen molar-refractivity contribution >= 4 is 17.6 Å². The van der Waals surface area contributed by atoms with Crippen LogP contribution in [0.2, 0.25) is 0 Å². The quantitative estimate of drug-likeness (QED) is 0.550. The molecule has 19 heavy (non-hydrogen) atoms. The molecule has 2 rings (SSSR count). The Morgan fingerprint density at radius 2 is 2.11 bits per heavy atom. The highest BCUT2D eigenvalue weighted by Crippen LogP contribution is 2.15. The van der Waals surface area contributed by atoms with Crippen LogP contribution in [-0.2, 0) is 4.74 Å². The smallest absolute Gasteiger partial charge is 0.321 e. The number of nitrogens with one attached hydrogen (secondary N) is 2. The van der Waals surface area contributed by atoms with Crippen LogP contribution in [0, 0.1) is 11.2 Å². The van der Waals surface area contributed by atoms with Gasteiger partial charge in [0.2, 0.25) is 0 Å². The second-order valence-corrected chi connectivity index (χ2v) is 4.14. The average Bonchev–Trinajstić information content (AvgIpc) is 2.41. The fraction of sp³-hybridized carbons (Fsp3) is 0.333. The minimum atomic E-state index is -0.586. The molecule has 2 amide bonds. The summed E-state index contributed by atoms with van der Waals surface area (Å²) in [5.41, 5.74) is 5.64. The first kappa shape index (κ1) is 13.3. The summed E-state index contributed by atoms with van der Waals surface area (Å²) in [7, 11) is 0. The summed E-state index contributed by atoms with van der Waals surface area (Å²) in [4.78, 5) is 13.5. The second-order valence-electron chi connectivity index (χ2n) is 4.14. The molecule has 1 fully saturated rings. The molecule has 0 saturated carbocycles. The molecule has 0 aliphatic carbocycles. The van der Waals surface area contributed by atoms with Crippen molar-refractivity contribution in [2.24, 2.45) is 5.73 Å². The third kappa shape index (κ3) is 3.19. The van der Waals surface area contributed by atoms with E-state index in [4.69, 9.17) is 15.9 Å². The van der Waals surface area contributed by atoms with Gasteiger partial charge in [-0.1, -0.05) is 0 Å². The third-order valence-corrected chi connectivity index (χ3v) is 2.81. The van der Waals surface area contributed by atoms with Crippen LogP contribution >= 0.6 is 0 Å². The highest BCUT2D eigenvalue weighted by Gasteiger charge is 2.17. The van der Waals surface area contributed by atoms with Gasteiger partial charge in [0.15, 0.2) is 0 Å². The average molecular weight is 266 g/mol. The lowest BCUT2D eigenvalue weighted by Gasteiger charge is -2.27. The van der Waals surface area contributed by atoms with Crippen LogP contribution in [0.4, 0.5) is 14.9 Å². The molecule has 6 nitrogen and oxygen atoms in total. The minimum Gasteiger partial charge on any atom is -0.384 e. The van der Waals surface area contributed by atoms with Gasteiger partial charge < -0.3 is 20.7 Å². The van der Waals surface area contributed by atoms with Crippen molar-refractivity contribution < 1.29 is 13.9 Å². The van der Waals surface area contributed by atoms with Gasteiger partial charge >= 0.3 is 6.03 Å². The number of morpholine rings is 1. The molecule has 0 unspecified atom stereocenters. The number of amidine groups is 1. The molecular weight excluding hydrogens is 251 g/mol. The largest absolute Gasteiger partial charge is 0.384 e. The molecule has 1 saturated heterocycles. The van der Waals surface area contributed by atoms with Crippen LogP contribution in [0.5, 0.6) is 0 Å². The Hall–Kier alpha value is -2.15. The highest BCUT2D eigenvalue weighted by molar-refractivity contribution is 5.97. The Balaban J connectivity index is 2.08. The molecule has 1 aliphatic rings. The molecule has 4 N–H and O–H groups in total. The van der Waals surface area contributed by atoms with Gasteiger partial charge in [0.25, 0.3) is 0 Å². The maximum Gasteiger partial charge on any atom is 0.321 e. The Morgan fingerprint density at radius 1 is 1.42 bits per heavy atom. The molecule has 102 valence electrons. The predicted octanol–water partition coefficient (Wildman–Crippen LogP) is 0.974. The minimum absolute atomic E-state index is 0.0280. The molecule has 0 bridgehead atoms. The van der Waals surface area contributed by atoms with E-state index in [1.165, 1.54) is 18.2 Å². The fourth-order valence-corrected chi connectivity index (χ4v) is 1.78. The molecule has 0 atom stereocenters. The van der Waals surface area contributed by atoms with E-state index >= 15 is 0 Å². The summed E-state index contributed by atoms with van der Waals surface area (Å²) in [5, 5.41) is 9.90. The van der Waals surface area contributed by atoms with Crippen LogP contribution in [0.1, 0.15) is 5.56 Å². The number of carbonyl (C=O) groups excluding carboxylic acids is 1. The number of anilines is 1. The van der Waals surface area contributed by atoms with Crippen LogP contribution < -0.4 is 11.1 Å². The molecule has 1 aromatic rings. The molecular formula is C12H15FN4O2. The molecule has 1 aliphatic heterocycles. The van der Waals surface area contributed by atoms with Gasteiger partial charge in [0.1, 0.15) is 11.7 Å². The van der Waals surface area contributed by atoms with Crippen molar-refractivity contribution in [3.05, 3.63) is 29.6 Å². The van der Waals surface area contributed by atoms with Crippen molar-refractivity contribution in [2.75, 3.05) is 31.6 Å². The Kier molecular flexibility index (Phi) is 3.96. The zero-order valence-corrected chi connectivity index (χ0v) is 10.3. The number of nitrogens with two attached hydrogens (primary N) is 1. The zero-order chi connectivity index (χ0) is 13.8. The fourth-order valence-electron chi connectivity index (χ4n) is 1.78. The summed E-state index contributed by atoms with van der Waals surface area (Å²) in [6.07, 6.45) is 0. The first-order valence-electron chi connectivity index (χ1n) is 5.85. The van der Waals surface area contributed by atoms with Crippen molar-refractivity contribution in [3.63, 3.8) is 0 Å². The monoisotopic (exact) mass is 266 g/mol. The van der Waals surface area contributed by atoms with Crippen molar-refractivity contribution in [3.8, 4) is 0 Å². The molecule has 0 spiro atoms. The Labute approximate surface area is 109 Å². The first-order valence-corrected chi connectivity index (χ1v) is 5.85. The zero-order valence-electron chi connectivity index (χ0n) is 10.3. The molecule has 0 aromatic heterocycles. The number of hydrogen-bond acceptors (Lipinski definition) is 3. The lowest BCUT2D eigenvalue weighted by Crippen LogP contribution is -2.43. The van der Waals surface area contributed by atoms with Crippen LogP contribution in [-0.4, -0.2) is 43.1 Å². The summed E-state index contributed by atoms with van der Waals surface area (Å²) in [5.74, 6) is -0.961. The van der Waals surface area contributed by atoms with E-state index in [1.807, 2.05) is 0 Å². The third-order valence-electron chi connectivity index (χ3n) is 2.81. The van der Waals surface area contributed by atoms with Crippen LogP contribution in [0.15, 0.2) is 18.2 Å². The van der Waals surface area contributed by atoms with Gasteiger partial charge in [-0.2, -0.15) is 0 Å². The number of nitrogen functional groups attached to an aromatic ring is 1. The normalized spacial score (nSPS) is 15.1. The van der Waals surface area contributed by atoms with Crippen LogP contribution in [0.3, 0.4) is 0 Å². The maximum atomic E-state index is 13.4. The number of nitrogens with zero attached hydrogens (tertiary/aromatic N) is 1. The van der Waals surface area contributed by atoms with Crippen molar-refractivity contribution in [2.45, 2.75) is 0 Å². The van der Waals surface area contributed by atoms with Crippen LogP contribution in [0.25, 0.3) is 0 Å². The first-order chi connectivity index (χ1) is 9.08. The maximum absolute atomic E-state index is 13.4. The van der Waals surface area contributed by atoms with E-state index in [2.05, 4.69) is 5.32 Å². The van der Waals surface area contributed by atoms with E-state index in [9.17, 15) is 9.18 Å². The van der Waals surface area contributed by atoms with Gasteiger partial charge in [0.05, 0.1) is 18.8 Å². The molecule has 1 heterocycles. The van der Waals surface area contributed by atoms with E-state index < -0.39 is 5.82 Å². The lowest BCUT2D eigenvalue weighted by atomic mass is 10.1. The summed E-state index contributed by atoms with van der Waals surface area (Å²) in [6.45, 7) is 2.06. The summed E-state index contributed by atoms with van der Waals surface area (Å²) in [6, 6.07) is 3.67. The van der Waals surface area contributed by atoms with Crippen molar-refractivity contribution in [1.29, 1.82) is 5.41 Å². The lowest BCUT2D eigenvalue weighted by molar-refractivity contribution is 0.0564. The second kappa shape index (κ2) is 5.66. The Bertz CT molecular complexity index is 501. The predicted molar refractivity (Wildman–Crippen MR) is 68.8 cm³/mol.